The highest BCUT2D eigenvalue weighted by Gasteiger charge is 2.69. The number of benzene rings is 1. The number of hydrogen-bond acceptors (Lipinski definition) is 5. The van der Waals surface area contributed by atoms with Gasteiger partial charge in [0.15, 0.2) is 0 Å². The van der Waals surface area contributed by atoms with E-state index >= 15 is 0 Å². The number of sulfonamides is 1. The average molecular weight is 384 g/mol. The zero-order chi connectivity index (χ0) is 19.1. The van der Waals surface area contributed by atoms with Gasteiger partial charge in [-0.3, -0.25) is 4.79 Å². The number of rotatable bonds is 1. The number of amides is 1. The van der Waals surface area contributed by atoms with Crippen molar-refractivity contribution in [3.8, 4) is 6.07 Å². The topological polar surface area (TPSA) is 87.5 Å². The lowest BCUT2D eigenvalue weighted by Gasteiger charge is -2.24. The van der Waals surface area contributed by atoms with Crippen LogP contribution in [0.2, 0.25) is 0 Å². The lowest BCUT2D eigenvalue weighted by Crippen LogP contribution is -2.38. The monoisotopic (exact) mass is 384 g/mol. The zero-order valence-corrected chi connectivity index (χ0v) is 14.0. The number of anilines is 1. The summed E-state index contributed by atoms with van der Waals surface area (Å²) >= 11 is 0. The van der Waals surface area contributed by atoms with Gasteiger partial charge in [0.1, 0.15) is 5.25 Å². The molecule has 0 aromatic heterocycles. The van der Waals surface area contributed by atoms with Gasteiger partial charge in [-0.05, 0) is 25.1 Å². The van der Waals surface area contributed by atoms with Crippen LogP contribution in [0, 0.1) is 17.2 Å². The maximum absolute atomic E-state index is 13.2. The lowest BCUT2D eigenvalue weighted by molar-refractivity contribution is -0.137. The number of hydrogen-bond donors (Lipinski definition) is 0. The standard InChI is InChI=1S/C16H11F3N2O4S/c1-15-5-4-11(25-15)13-12(15)14(22)21(26(13,23)24)9-3-2-8(7-20)10(6-9)16(17,18)19/h2-6,11-13H,1H3/t11-,12+,13-,15-/m1/s1. The van der Waals surface area contributed by atoms with E-state index in [0.29, 0.717) is 10.4 Å². The van der Waals surface area contributed by atoms with Gasteiger partial charge in [0.2, 0.25) is 15.9 Å². The van der Waals surface area contributed by atoms with Crippen LogP contribution in [0.4, 0.5) is 18.9 Å². The highest BCUT2D eigenvalue weighted by atomic mass is 32.2. The normalized spacial score (nSPS) is 34.2. The third kappa shape index (κ3) is 2.01. The van der Waals surface area contributed by atoms with Gasteiger partial charge in [-0.2, -0.15) is 18.4 Å². The summed E-state index contributed by atoms with van der Waals surface area (Å²) in [7, 11) is -4.26. The molecule has 2 saturated heterocycles. The van der Waals surface area contributed by atoms with E-state index in [-0.39, 0.29) is 0 Å². The molecule has 0 unspecified atom stereocenters. The van der Waals surface area contributed by atoms with E-state index in [0.717, 1.165) is 12.1 Å². The summed E-state index contributed by atoms with van der Waals surface area (Å²) in [5.74, 6) is -1.85. The first-order valence-corrected chi connectivity index (χ1v) is 9.07. The summed E-state index contributed by atoms with van der Waals surface area (Å²) in [5.41, 5.74) is -3.48. The van der Waals surface area contributed by atoms with Crippen LogP contribution in [0.3, 0.4) is 0 Å². The van der Waals surface area contributed by atoms with Crippen LogP contribution < -0.4 is 4.31 Å². The molecule has 1 amide bonds. The fourth-order valence-electron chi connectivity index (χ4n) is 3.89. The van der Waals surface area contributed by atoms with Crippen molar-refractivity contribution in [2.75, 3.05) is 4.31 Å². The van der Waals surface area contributed by atoms with E-state index in [1.165, 1.54) is 6.07 Å². The summed E-state index contributed by atoms with van der Waals surface area (Å²) < 4.78 is 71.3. The Morgan fingerprint density at radius 1 is 1.35 bits per heavy atom. The predicted molar refractivity (Wildman–Crippen MR) is 82.3 cm³/mol. The smallest absolute Gasteiger partial charge is 0.362 e. The highest BCUT2D eigenvalue weighted by Crippen LogP contribution is 2.52. The fraction of sp³-hybridized carbons (Fsp3) is 0.375. The molecule has 1 aromatic rings. The second-order valence-electron chi connectivity index (χ2n) is 6.55. The number of halogens is 3. The van der Waals surface area contributed by atoms with Gasteiger partial charge in [-0.25, -0.2) is 12.7 Å². The average Bonchev–Trinajstić information content (AvgIpc) is 3.13. The SMILES string of the molecule is C[C@]12C=C[C@@H](O1)[C@@H]1[C@H]2C(=O)N(c2ccc(C#N)c(C(F)(F)F)c2)S1(=O)=O. The Morgan fingerprint density at radius 2 is 2.04 bits per heavy atom. The van der Waals surface area contributed by atoms with Gasteiger partial charge < -0.3 is 4.74 Å². The molecule has 0 radical (unpaired) electrons. The second kappa shape index (κ2) is 4.86. The number of carbonyl (C=O) groups is 1. The maximum atomic E-state index is 13.2. The number of fused-ring (bicyclic) bond motifs is 5. The van der Waals surface area contributed by atoms with E-state index < -0.39 is 61.8 Å². The van der Waals surface area contributed by atoms with Gasteiger partial charge in [-0.15, -0.1) is 0 Å². The van der Waals surface area contributed by atoms with E-state index in [1.807, 2.05) is 0 Å². The molecule has 0 N–H and O–H groups in total. The van der Waals surface area contributed by atoms with Crippen molar-refractivity contribution in [3.05, 3.63) is 41.5 Å². The minimum Gasteiger partial charge on any atom is -0.362 e. The molecule has 0 aliphatic carbocycles. The van der Waals surface area contributed by atoms with Gasteiger partial charge >= 0.3 is 6.18 Å². The summed E-state index contributed by atoms with van der Waals surface area (Å²) in [6.45, 7) is 1.57. The number of nitrogens with zero attached hydrogens (tertiary/aromatic N) is 2. The van der Waals surface area contributed by atoms with Gasteiger partial charge in [-0.1, -0.05) is 12.2 Å². The largest absolute Gasteiger partial charge is 0.417 e. The fourth-order valence-corrected chi connectivity index (χ4v) is 6.12. The molecule has 26 heavy (non-hydrogen) atoms. The number of alkyl halides is 3. The van der Waals surface area contributed by atoms with Crippen molar-refractivity contribution in [1.29, 1.82) is 5.26 Å². The van der Waals surface area contributed by atoms with Crippen LogP contribution >= 0.6 is 0 Å². The lowest BCUT2D eigenvalue weighted by atomic mass is 9.83. The maximum Gasteiger partial charge on any atom is 0.417 e. The molecular formula is C16H11F3N2O4S. The predicted octanol–water partition coefficient (Wildman–Crippen LogP) is 1.97. The van der Waals surface area contributed by atoms with Crippen molar-refractivity contribution in [3.63, 3.8) is 0 Å². The minimum absolute atomic E-state index is 0.416. The molecule has 4 atom stereocenters. The molecule has 4 rings (SSSR count). The molecule has 0 spiro atoms. The van der Waals surface area contributed by atoms with Crippen LogP contribution in [0.15, 0.2) is 30.4 Å². The van der Waals surface area contributed by atoms with Crippen molar-refractivity contribution >= 4 is 21.6 Å². The molecule has 6 nitrogen and oxygen atoms in total. The molecule has 136 valence electrons. The highest BCUT2D eigenvalue weighted by molar-refractivity contribution is 7.94. The number of nitriles is 1. The Bertz CT molecular complexity index is 1010. The molecule has 3 heterocycles. The second-order valence-corrected chi connectivity index (χ2v) is 8.49. The summed E-state index contributed by atoms with van der Waals surface area (Å²) in [6.07, 6.45) is -2.52. The molecule has 3 aliphatic rings. The van der Waals surface area contributed by atoms with Crippen LogP contribution in [-0.2, 0) is 25.7 Å². The minimum atomic E-state index is -4.86. The molecule has 0 saturated carbocycles. The van der Waals surface area contributed by atoms with Gasteiger partial charge in [0.05, 0.1) is 40.5 Å². The van der Waals surface area contributed by atoms with Crippen molar-refractivity contribution in [1.82, 2.24) is 0 Å². The van der Waals surface area contributed by atoms with E-state index in [2.05, 4.69) is 0 Å². The first-order valence-electron chi connectivity index (χ1n) is 7.57. The summed E-state index contributed by atoms with van der Waals surface area (Å²) in [5, 5.41) is 7.69. The number of ether oxygens (including phenoxy) is 1. The molecule has 3 aliphatic heterocycles. The van der Waals surface area contributed by atoms with Crippen LogP contribution in [0.1, 0.15) is 18.1 Å². The third-order valence-electron chi connectivity index (χ3n) is 5.00. The summed E-state index contributed by atoms with van der Waals surface area (Å²) in [4.78, 5) is 12.8. The Kier molecular flexibility index (Phi) is 3.19. The Morgan fingerprint density at radius 3 is 2.62 bits per heavy atom. The zero-order valence-electron chi connectivity index (χ0n) is 13.2. The number of carbonyl (C=O) groups excluding carboxylic acids is 1. The van der Waals surface area contributed by atoms with Crippen LogP contribution in [-0.4, -0.2) is 31.3 Å². The van der Waals surface area contributed by atoms with Crippen molar-refractivity contribution in [2.45, 2.75) is 30.1 Å². The quantitative estimate of drug-likeness (QED) is 0.691. The molecular weight excluding hydrogens is 373 g/mol. The van der Waals surface area contributed by atoms with Crippen molar-refractivity contribution in [2.24, 2.45) is 5.92 Å². The van der Waals surface area contributed by atoms with E-state index in [1.54, 1.807) is 19.1 Å². The van der Waals surface area contributed by atoms with E-state index in [9.17, 15) is 26.4 Å². The Hall–Kier alpha value is -2.38. The van der Waals surface area contributed by atoms with Gasteiger partial charge in [0, 0.05) is 0 Å². The first kappa shape index (κ1) is 17.1. The Balaban J connectivity index is 1.86. The van der Waals surface area contributed by atoms with E-state index in [4.69, 9.17) is 10.00 Å². The molecule has 2 bridgehead atoms. The van der Waals surface area contributed by atoms with Gasteiger partial charge in [0.25, 0.3) is 0 Å². The third-order valence-corrected chi connectivity index (χ3v) is 7.13. The van der Waals surface area contributed by atoms with Crippen LogP contribution in [0.25, 0.3) is 0 Å². The van der Waals surface area contributed by atoms with Crippen LogP contribution in [0.5, 0.6) is 0 Å². The summed E-state index contributed by atoms with van der Waals surface area (Å²) in [6, 6.07) is 3.83. The first-order chi connectivity index (χ1) is 12.0. The molecule has 1 aromatic carbocycles. The molecule has 10 heteroatoms. The molecule has 2 fully saturated rings. The Labute approximate surface area is 146 Å². The van der Waals surface area contributed by atoms with Crippen molar-refractivity contribution < 1.29 is 31.1 Å².